The molecule has 0 saturated carbocycles. The van der Waals surface area contributed by atoms with Crippen LogP contribution >= 0.6 is 11.8 Å². The van der Waals surface area contributed by atoms with Gasteiger partial charge in [0.15, 0.2) is 0 Å². The second-order valence-corrected chi connectivity index (χ2v) is 5.97. The van der Waals surface area contributed by atoms with E-state index in [9.17, 15) is 13.6 Å². The van der Waals surface area contributed by atoms with Crippen LogP contribution in [0.5, 0.6) is 0 Å². The fourth-order valence-corrected chi connectivity index (χ4v) is 2.60. The number of hydrogen-bond donors (Lipinski definition) is 1. The minimum atomic E-state index is -0.301. The Bertz CT molecular complexity index is 599. The Labute approximate surface area is 126 Å². The molecule has 5 heteroatoms. The predicted octanol–water partition coefficient (Wildman–Crippen LogP) is 3.76. The van der Waals surface area contributed by atoms with E-state index in [1.807, 2.05) is 0 Å². The average molecular weight is 307 g/mol. The number of thioether (sulfide) groups is 1. The molecule has 0 aliphatic heterocycles. The summed E-state index contributed by atoms with van der Waals surface area (Å²) in [6.45, 7) is 2.14. The fourth-order valence-electron chi connectivity index (χ4n) is 1.71. The van der Waals surface area contributed by atoms with E-state index in [4.69, 9.17) is 0 Å². The molecule has 0 fully saturated rings. The van der Waals surface area contributed by atoms with Gasteiger partial charge in [0, 0.05) is 11.4 Å². The van der Waals surface area contributed by atoms with Gasteiger partial charge in [-0.1, -0.05) is 12.1 Å². The molecule has 0 spiro atoms. The van der Waals surface area contributed by atoms with E-state index in [1.165, 1.54) is 36.0 Å². The summed E-state index contributed by atoms with van der Waals surface area (Å²) >= 11 is 1.36. The number of halogens is 2. The highest BCUT2D eigenvalue weighted by Gasteiger charge is 2.14. The molecule has 2 aromatic carbocycles. The largest absolute Gasteiger partial charge is 0.351 e. The topological polar surface area (TPSA) is 29.1 Å². The molecule has 2 rings (SSSR count). The highest BCUT2D eigenvalue weighted by atomic mass is 32.2. The van der Waals surface area contributed by atoms with Crippen molar-refractivity contribution in [3.05, 3.63) is 65.7 Å². The molecule has 0 heterocycles. The Morgan fingerprint density at radius 2 is 1.57 bits per heavy atom. The molecule has 0 radical (unpaired) electrons. The van der Waals surface area contributed by atoms with Gasteiger partial charge in [0.25, 0.3) is 0 Å². The summed E-state index contributed by atoms with van der Waals surface area (Å²) in [5, 5.41) is 2.50. The van der Waals surface area contributed by atoms with Crippen molar-refractivity contribution in [3.8, 4) is 0 Å². The lowest BCUT2D eigenvalue weighted by molar-refractivity contribution is -0.120. The van der Waals surface area contributed by atoms with Crippen LogP contribution in [0.3, 0.4) is 0 Å². The van der Waals surface area contributed by atoms with Crippen LogP contribution in [0, 0.1) is 11.6 Å². The first-order valence-corrected chi connectivity index (χ1v) is 7.37. The smallest absolute Gasteiger partial charge is 0.233 e. The van der Waals surface area contributed by atoms with Crippen molar-refractivity contribution in [3.63, 3.8) is 0 Å². The molecule has 0 unspecified atom stereocenters. The standard InChI is InChI=1S/C16H15F2NOS/c1-11(21-15-8-6-14(18)7-9-15)16(20)19-10-12-2-4-13(17)5-3-12/h2-9,11H,10H2,1H3,(H,19,20)/t11-/m0/s1. The minimum Gasteiger partial charge on any atom is -0.351 e. The summed E-state index contributed by atoms with van der Waals surface area (Å²) in [6, 6.07) is 12.0. The Morgan fingerprint density at radius 1 is 1.05 bits per heavy atom. The summed E-state index contributed by atoms with van der Waals surface area (Å²) in [5.41, 5.74) is 0.837. The number of nitrogens with one attached hydrogen (secondary N) is 1. The number of rotatable bonds is 5. The lowest BCUT2D eigenvalue weighted by Crippen LogP contribution is -2.30. The van der Waals surface area contributed by atoms with Crippen LogP contribution in [-0.4, -0.2) is 11.2 Å². The quantitative estimate of drug-likeness (QED) is 0.852. The van der Waals surface area contributed by atoms with Crippen LogP contribution in [0.4, 0.5) is 8.78 Å². The summed E-state index contributed by atoms with van der Waals surface area (Å²) in [7, 11) is 0. The number of hydrogen-bond acceptors (Lipinski definition) is 2. The molecule has 0 aliphatic rings. The monoisotopic (exact) mass is 307 g/mol. The van der Waals surface area contributed by atoms with E-state index in [1.54, 1.807) is 31.2 Å². The first-order valence-electron chi connectivity index (χ1n) is 6.49. The molecule has 2 aromatic rings. The van der Waals surface area contributed by atoms with Crippen LogP contribution in [0.1, 0.15) is 12.5 Å². The predicted molar refractivity (Wildman–Crippen MR) is 80.0 cm³/mol. The lowest BCUT2D eigenvalue weighted by Gasteiger charge is -2.12. The minimum absolute atomic E-state index is 0.117. The molecule has 1 amide bonds. The van der Waals surface area contributed by atoms with Gasteiger partial charge in [-0.25, -0.2) is 8.78 Å². The van der Waals surface area contributed by atoms with E-state index in [0.29, 0.717) is 6.54 Å². The highest BCUT2D eigenvalue weighted by Crippen LogP contribution is 2.23. The van der Waals surface area contributed by atoms with E-state index in [0.717, 1.165) is 10.5 Å². The molecule has 1 N–H and O–H groups in total. The fraction of sp³-hybridized carbons (Fsp3) is 0.188. The maximum absolute atomic E-state index is 12.8. The third-order valence-corrected chi connectivity index (χ3v) is 3.99. The Kier molecular flexibility index (Phi) is 5.33. The van der Waals surface area contributed by atoms with Crippen LogP contribution in [0.15, 0.2) is 53.4 Å². The van der Waals surface area contributed by atoms with E-state index < -0.39 is 0 Å². The average Bonchev–Trinajstić information content (AvgIpc) is 2.48. The zero-order valence-corrected chi connectivity index (χ0v) is 12.3. The molecule has 0 saturated heterocycles. The lowest BCUT2D eigenvalue weighted by atomic mass is 10.2. The van der Waals surface area contributed by atoms with Crippen LogP contribution < -0.4 is 5.32 Å². The van der Waals surface area contributed by atoms with Crippen molar-refractivity contribution in [2.45, 2.75) is 23.6 Å². The van der Waals surface area contributed by atoms with Gasteiger partial charge in [-0.2, -0.15) is 0 Å². The second-order valence-electron chi connectivity index (χ2n) is 4.56. The Hall–Kier alpha value is -1.88. The normalized spacial score (nSPS) is 12.0. The van der Waals surface area contributed by atoms with Crippen LogP contribution in [-0.2, 0) is 11.3 Å². The Morgan fingerprint density at radius 3 is 2.14 bits per heavy atom. The summed E-state index contributed by atoms with van der Waals surface area (Å²) < 4.78 is 25.6. The van der Waals surface area contributed by atoms with Crippen molar-refractivity contribution in [1.82, 2.24) is 5.32 Å². The molecule has 21 heavy (non-hydrogen) atoms. The zero-order chi connectivity index (χ0) is 15.2. The molecule has 110 valence electrons. The van der Waals surface area contributed by atoms with Gasteiger partial charge in [-0.05, 0) is 48.9 Å². The molecular weight excluding hydrogens is 292 g/mol. The van der Waals surface area contributed by atoms with Gasteiger partial charge in [0.05, 0.1) is 5.25 Å². The molecule has 1 atom stereocenters. The molecule has 0 aliphatic carbocycles. The van der Waals surface area contributed by atoms with Crippen molar-refractivity contribution < 1.29 is 13.6 Å². The maximum Gasteiger partial charge on any atom is 0.233 e. The van der Waals surface area contributed by atoms with Crippen molar-refractivity contribution in [1.29, 1.82) is 0 Å². The molecule has 0 bridgehead atoms. The second kappa shape index (κ2) is 7.22. The summed E-state index contributed by atoms with van der Waals surface area (Å²) in [5.74, 6) is -0.716. The first kappa shape index (κ1) is 15.5. The van der Waals surface area contributed by atoms with E-state index >= 15 is 0 Å². The van der Waals surface area contributed by atoms with Gasteiger partial charge >= 0.3 is 0 Å². The molecule has 0 aromatic heterocycles. The van der Waals surface area contributed by atoms with Crippen LogP contribution in [0.2, 0.25) is 0 Å². The molecular formula is C16H15F2NOS. The summed E-state index contributed by atoms with van der Waals surface area (Å²) in [4.78, 5) is 12.8. The van der Waals surface area contributed by atoms with E-state index in [-0.39, 0.29) is 22.8 Å². The van der Waals surface area contributed by atoms with Gasteiger partial charge in [0.1, 0.15) is 11.6 Å². The van der Waals surface area contributed by atoms with Gasteiger partial charge in [-0.15, -0.1) is 11.8 Å². The zero-order valence-electron chi connectivity index (χ0n) is 11.5. The third-order valence-electron chi connectivity index (χ3n) is 2.88. The van der Waals surface area contributed by atoms with Crippen molar-refractivity contribution >= 4 is 17.7 Å². The number of carbonyl (C=O) groups excluding carboxylic acids is 1. The van der Waals surface area contributed by atoms with Gasteiger partial charge < -0.3 is 5.32 Å². The first-order chi connectivity index (χ1) is 10.0. The number of benzene rings is 2. The maximum atomic E-state index is 12.8. The third kappa shape index (κ3) is 4.86. The van der Waals surface area contributed by atoms with Gasteiger partial charge in [0.2, 0.25) is 5.91 Å². The Balaban J connectivity index is 1.84. The molecule has 2 nitrogen and oxygen atoms in total. The van der Waals surface area contributed by atoms with Crippen LogP contribution in [0.25, 0.3) is 0 Å². The van der Waals surface area contributed by atoms with Crippen molar-refractivity contribution in [2.24, 2.45) is 0 Å². The van der Waals surface area contributed by atoms with Gasteiger partial charge in [-0.3, -0.25) is 4.79 Å². The van der Waals surface area contributed by atoms with E-state index in [2.05, 4.69) is 5.32 Å². The van der Waals surface area contributed by atoms with Crippen molar-refractivity contribution in [2.75, 3.05) is 0 Å². The SMILES string of the molecule is C[C@H](Sc1ccc(F)cc1)C(=O)NCc1ccc(F)cc1. The number of amides is 1. The highest BCUT2D eigenvalue weighted by molar-refractivity contribution is 8.00. The summed E-state index contributed by atoms with van der Waals surface area (Å²) in [6.07, 6.45) is 0. The number of carbonyl (C=O) groups is 1.